The molecule has 0 spiro atoms. The van der Waals surface area contributed by atoms with Crippen molar-refractivity contribution in [2.75, 3.05) is 34.9 Å². The van der Waals surface area contributed by atoms with Crippen LogP contribution in [-0.4, -0.2) is 155 Å². The second-order valence-electron chi connectivity index (χ2n) is 19.6. The summed E-state index contributed by atoms with van der Waals surface area (Å²) in [7, 11) is 6.16. The Hall–Kier alpha value is -5.23. The fourth-order valence-electron chi connectivity index (χ4n) is 10.00. The number of amides is 7. The summed E-state index contributed by atoms with van der Waals surface area (Å²) in [6.45, 7) is 13.1. The molecule has 1 aliphatic carbocycles. The van der Waals surface area contributed by atoms with Crippen LogP contribution < -0.4 is 10.6 Å². The first-order valence-corrected chi connectivity index (χ1v) is 24.1. The minimum absolute atomic E-state index is 0.0805. The van der Waals surface area contributed by atoms with Crippen molar-refractivity contribution in [2.45, 2.75) is 155 Å². The number of carboxylic acids is 1. The Morgan fingerprint density at radius 3 is 2.06 bits per heavy atom. The maximum Gasteiger partial charge on any atom is 0.326 e. The second kappa shape index (κ2) is 24.9. The van der Waals surface area contributed by atoms with Crippen LogP contribution in [0, 0.1) is 35.4 Å². The normalized spacial score (nSPS) is 21.1. The van der Waals surface area contributed by atoms with E-state index in [9.17, 15) is 47.9 Å². The highest BCUT2D eigenvalue weighted by molar-refractivity contribution is 6.12. The van der Waals surface area contributed by atoms with Crippen molar-refractivity contribution in [3.63, 3.8) is 0 Å². The van der Waals surface area contributed by atoms with Crippen LogP contribution in [0.1, 0.15) is 105 Å². The quantitative estimate of drug-likeness (QED) is 0.0849. The van der Waals surface area contributed by atoms with Crippen LogP contribution >= 0.6 is 0 Å². The number of imide groups is 1. The van der Waals surface area contributed by atoms with E-state index < -0.39 is 71.9 Å². The van der Waals surface area contributed by atoms with E-state index >= 15 is 0 Å². The van der Waals surface area contributed by atoms with Crippen molar-refractivity contribution in [1.29, 1.82) is 0 Å². The van der Waals surface area contributed by atoms with Gasteiger partial charge >= 0.3 is 5.97 Å². The third-order valence-corrected chi connectivity index (χ3v) is 14.2. The zero-order chi connectivity index (χ0) is 50.7. The number of carboxylic acid groups (broad SMARTS) is 1. The Labute approximate surface area is 400 Å². The molecule has 1 saturated heterocycles. The molecule has 3 aliphatic rings. The molecule has 68 heavy (non-hydrogen) atoms. The number of fused-ring (bicyclic) bond motifs is 1. The predicted molar refractivity (Wildman–Crippen MR) is 251 cm³/mol. The molecule has 1 aromatic carbocycles. The van der Waals surface area contributed by atoms with Crippen LogP contribution in [0.25, 0.3) is 0 Å². The first-order chi connectivity index (χ1) is 32.1. The number of carbonyl (C=O) groups excluding carboxylic acids is 7. The predicted octanol–water partition coefficient (Wildman–Crippen LogP) is 3.97. The molecular weight excluding hydrogens is 880 g/mol. The van der Waals surface area contributed by atoms with Crippen molar-refractivity contribution in [1.82, 2.24) is 30.2 Å². The van der Waals surface area contributed by atoms with Gasteiger partial charge in [0, 0.05) is 65.9 Å². The Kier molecular flexibility index (Phi) is 20.3. The molecule has 0 bridgehead atoms. The van der Waals surface area contributed by atoms with Crippen molar-refractivity contribution >= 4 is 47.3 Å². The van der Waals surface area contributed by atoms with Gasteiger partial charge in [0.05, 0.1) is 36.6 Å². The van der Waals surface area contributed by atoms with Crippen LogP contribution in [-0.2, 0) is 54.3 Å². The fourth-order valence-corrected chi connectivity index (χ4v) is 10.00. The maximum atomic E-state index is 14.6. The number of halogens is 1. The molecule has 11 atom stereocenters. The van der Waals surface area contributed by atoms with Gasteiger partial charge in [-0.05, 0) is 61.0 Å². The average Bonchev–Trinajstić information content (AvgIpc) is 3.84. The van der Waals surface area contributed by atoms with Gasteiger partial charge in [-0.2, -0.15) is 0 Å². The number of rotatable bonds is 27. The third-order valence-electron chi connectivity index (χ3n) is 14.2. The number of nitrogens with one attached hydrogen (secondary N) is 2. The van der Waals surface area contributed by atoms with Crippen LogP contribution in [0.15, 0.2) is 36.4 Å². The number of unbranched alkanes of at least 4 members (excludes halogenated alkanes) is 2. The monoisotopic (exact) mass is 955 g/mol. The van der Waals surface area contributed by atoms with E-state index in [0.717, 1.165) is 11.3 Å². The van der Waals surface area contributed by atoms with Gasteiger partial charge in [-0.25, -0.2) is 9.18 Å². The van der Waals surface area contributed by atoms with Gasteiger partial charge in [-0.15, -0.1) is 0 Å². The Morgan fingerprint density at radius 2 is 1.50 bits per heavy atom. The lowest BCUT2D eigenvalue weighted by molar-refractivity contribution is -0.149. The molecule has 378 valence electrons. The summed E-state index contributed by atoms with van der Waals surface area (Å²) in [6.07, 6.45) is 4.31. The molecule has 2 fully saturated rings. The van der Waals surface area contributed by atoms with Gasteiger partial charge in [0.25, 0.3) is 11.8 Å². The number of carbonyl (C=O) groups is 8. The van der Waals surface area contributed by atoms with Crippen LogP contribution in [0.3, 0.4) is 0 Å². The standard InChI is InChI=1S/C50H75FN6O11/c1-12-30(6)45(55(9)49(64)43(28(2)3)53-48(63)44(29(4)5)54(8)39(58)20-14-13-17-23-56-40(59)21-22-41(56)60)38(67-10)27-42(61)57-36-25-33(36)26-37(57)46(68-11)31(7)47(62)52-35(50(65)66)24-32-18-15-16-19-34(32)51/h15-16,18-19,21-22,28-31,33,35-38,43-46H,12-14,17,20,23-27H2,1-11H3,(H,52,62)(H,53,63)(H,65,66)/t30-,31+,33+,35-,36?,37-,38?,43?,44-,45?,46?/m0/s1. The number of nitrogens with zero attached hydrogens (tertiary/aromatic N) is 4. The van der Waals surface area contributed by atoms with Crippen LogP contribution in [0.5, 0.6) is 0 Å². The number of methoxy groups -OCH3 is 2. The van der Waals surface area contributed by atoms with Crippen molar-refractivity contribution in [2.24, 2.45) is 29.6 Å². The summed E-state index contributed by atoms with van der Waals surface area (Å²) >= 11 is 0. The fraction of sp³-hybridized carbons (Fsp3) is 0.680. The molecule has 3 N–H and O–H groups in total. The highest BCUT2D eigenvalue weighted by atomic mass is 19.1. The highest BCUT2D eigenvalue weighted by Crippen LogP contribution is 2.50. The number of hydrogen-bond acceptors (Lipinski definition) is 10. The zero-order valence-corrected chi connectivity index (χ0v) is 41.7. The number of hydrogen-bond donors (Lipinski definition) is 3. The molecule has 2 aliphatic heterocycles. The molecule has 0 radical (unpaired) electrons. The van der Waals surface area contributed by atoms with Gasteiger partial charge in [0.1, 0.15) is 23.9 Å². The van der Waals surface area contributed by atoms with Gasteiger partial charge in [0.15, 0.2) is 0 Å². The molecule has 2 heterocycles. The topological polar surface area (TPSA) is 212 Å². The van der Waals surface area contributed by atoms with Gasteiger partial charge < -0.3 is 39.9 Å². The lowest BCUT2D eigenvalue weighted by Gasteiger charge is -2.41. The summed E-state index contributed by atoms with van der Waals surface area (Å²) in [5.41, 5.74) is 0.147. The number of likely N-dealkylation sites (N-methyl/N-ethyl adjacent to an activating group) is 2. The SMILES string of the molecule is CC[C@H](C)C(C(CC(=O)N1C2C[C@@H]2C[C@H]1C(OC)[C@@H](C)C(=O)N[C@@H](Cc1ccccc1F)C(=O)O)OC)N(C)C(=O)C(NC(=O)[C@H](C(C)C)N(C)C(=O)CCCCCN1C(=O)C=CC1=O)C(C)C. The molecule has 0 aromatic heterocycles. The molecule has 5 unspecified atom stereocenters. The lowest BCUT2D eigenvalue weighted by Crippen LogP contribution is -2.60. The largest absolute Gasteiger partial charge is 0.480 e. The molecular formula is C50H75FN6O11. The minimum Gasteiger partial charge on any atom is -0.480 e. The van der Waals surface area contributed by atoms with Gasteiger partial charge in [-0.1, -0.05) is 79.5 Å². The first kappa shape index (κ1) is 55.4. The number of aliphatic carboxylic acids is 1. The molecule has 4 rings (SSSR count). The summed E-state index contributed by atoms with van der Waals surface area (Å²) in [5, 5.41) is 15.5. The Bertz CT molecular complexity index is 2000. The zero-order valence-electron chi connectivity index (χ0n) is 41.7. The molecule has 1 aromatic rings. The Morgan fingerprint density at radius 1 is 0.853 bits per heavy atom. The van der Waals surface area contributed by atoms with E-state index in [2.05, 4.69) is 10.6 Å². The van der Waals surface area contributed by atoms with Crippen molar-refractivity contribution < 1.29 is 57.3 Å². The number of piperidine rings is 1. The van der Waals surface area contributed by atoms with Crippen LogP contribution in [0.2, 0.25) is 0 Å². The summed E-state index contributed by atoms with van der Waals surface area (Å²) in [4.78, 5) is 112. The number of ether oxygens (including phenoxy) is 2. The molecule has 18 heteroatoms. The van der Waals surface area contributed by atoms with Crippen molar-refractivity contribution in [3.8, 4) is 0 Å². The third kappa shape index (κ3) is 13.5. The van der Waals surface area contributed by atoms with E-state index in [1.165, 1.54) is 49.5 Å². The van der Waals surface area contributed by atoms with Crippen LogP contribution in [0.4, 0.5) is 4.39 Å². The number of likely N-dealkylation sites (tertiary alicyclic amines) is 1. The minimum atomic E-state index is -1.40. The second-order valence-corrected chi connectivity index (χ2v) is 19.6. The molecule has 17 nitrogen and oxygen atoms in total. The molecule has 1 saturated carbocycles. The molecule has 7 amide bonds. The van der Waals surface area contributed by atoms with E-state index in [1.54, 1.807) is 36.9 Å². The van der Waals surface area contributed by atoms with E-state index in [0.29, 0.717) is 32.1 Å². The summed E-state index contributed by atoms with van der Waals surface area (Å²) in [5.74, 6) is -6.07. The highest BCUT2D eigenvalue weighted by Gasteiger charge is 2.57. The number of benzene rings is 1. The lowest BCUT2D eigenvalue weighted by atomic mass is 9.89. The smallest absolute Gasteiger partial charge is 0.326 e. The van der Waals surface area contributed by atoms with Crippen molar-refractivity contribution in [3.05, 3.63) is 47.8 Å². The van der Waals surface area contributed by atoms with E-state index in [-0.39, 0.29) is 90.6 Å². The van der Waals surface area contributed by atoms with Gasteiger partial charge in [0.2, 0.25) is 29.5 Å². The summed E-state index contributed by atoms with van der Waals surface area (Å²) in [6, 6.07) is 1.30. The summed E-state index contributed by atoms with van der Waals surface area (Å²) < 4.78 is 26.4. The van der Waals surface area contributed by atoms with Gasteiger partial charge in [-0.3, -0.25) is 38.5 Å². The van der Waals surface area contributed by atoms with E-state index in [1.807, 2.05) is 41.5 Å². The first-order valence-electron chi connectivity index (χ1n) is 24.1. The van der Waals surface area contributed by atoms with E-state index in [4.69, 9.17) is 9.47 Å². The maximum absolute atomic E-state index is 14.6. The Balaban J connectivity index is 1.44. The average molecular weight is 955 g/mol.